The molecule has 1 unspecified atom stereocenters. The minimum atomic E-state index is 0.0436. The predicted octanol–water partition coefficient (Wildman–Crippen LogP) is 4.68. The van der Waals surface area contributed by atoms with Gasteiger partial charge in [0.15, 0.2) is 0 Å². The van der Waals surface area contributed by atoms with Crippen LogP contribution in [0, 0.1) is 0 Å². The molecule has 6 rings (SSSR count). The van der Waals surface area contributed by atoms with Gasteiger partial charge in [-0.15, -0.1) is 11.3 Å². The molecule has 0 aliphatic carbocycles. The summed E-state index contributed by atoms with van der Waals surface area (Å²) >= 11 is 1.64. The van der Waals surface area contributed by atoms with Gasteiger partial charge >= 0.3 is 0 Å². The van der Waals surface area contributed by atoms with Gasteiger partial charge in [0, 0.05) is 24.5 Å². The van der Waals surface area contributed by atoms with Crippen LogP contribution >= 0.6 is 11.3 Å². The molecule has 3 aromatic heterocycles. The minimum absolute atomic E-state index is 0.0436. The van der Waals surface area contributed by atoms with Gasteiger partial charge in [-0.1, -0.05) is 6.07 Å². The van der Waals surface area contributed by atoms with Gasteiger partial charge < -0.3 is 10.6 Å². The van der Waals surface area contributed by atoms with Gasteiger partial charge in [-0.05, 0) is 55.2 Å². The number of hydrogen-bond acceptors (Lipinski definition) is 6. The molecule has 1 fully saturated rings. The van der Waals surface area contributed by atoms with Crippen molar-refractivity contribution in [2.45, 2.75) is 25.3 Å². The highest BCUT2D eigenvalue weighted by Gasteiger charge is 2.29. The molecule has 7 nitrogen and oxygen atoms in total. The Morgan fingerprint density at radius 3 is 2.94 bits per heavy atom. The Morgan fingerprint density at radius 2 is 2.03 bits per heavy atom. The molecule has 160 valence electrons. The summed E-state index contributed by atoms with van der Waals surface area (Å²) < 4.78 is 2.96. The van der Waals surface area contributed by atoms with Crippen molar-refractivity contribution in [3.8, 4) is 0 Å². The quantitative estimate of drug-likeness (QED) is 0.429. The summed E-state index contributed by atoms with van der Waals surface area (Å²) in [6.45, 7) is 0.748. The van der Waals surface area contributed by atoms with Crippen LogP contribution in [0.3, 0.4) is 0 Å². The van der Waals surface area contributed by atoms with Crippen molar-refractivity contribution in [2.24, 2.45) is 7.05 Å². The van der Waals surface area contributed by atoms with E-state index in [0.717, 1.165) is 58.7 Å². The van der Waals surface area contributed by atoms with Crippen LogP contribution in [-0.2, 0) is 7.05 Å². The van der Waals surface area contributed by atoms with Crippen LogP contribution in [0.4, 0.5) is 5.82 Å². The van der Waals surface area contributed by atoms with Crippen molar-refractivity contribution < 1.29 is 4.79 Å². The van der Waals surface area contributed by atoms with E-state index in [4.69, 9.17) is 5.73 Å². The van der Waals surface area contributed by atoms with Crippen LogP contribution in [0.15, 0.2) is 48.1 Å². The molecule has 1 aliphatic heterocycles. The number of nitrogen functional groups attached to an aromatic ring is 1. The predicted molar refractivity (Wildman–Crippen MR) is 128 cm³/mol. The summed E-state index contributed by atoms with van der Waals surface area (Å²) in [5.41, 5.74) is 12.5. The highest BCUT2D eigenvalue weighted by atomic mass is 32.1. The molecule has 1 amide bonds. The Morgan fingerprint density at radius 1 is 1.12 bits per heavy atom. The zero-order valence-corrected chi connectivity index (χ0v) is 18.5. The number of nitrogens with two attached hydrogens (primary N) is 1. The fraction of sp³-hybridized carbons (Fsp3) is 0.250. The number of thiazole rings is 1. The van der Waals surface area contributed by atoms with Crippen molar-refractivity contribution in [1.29, 1.82) is 0 Å². The first-order chi connectivity index (χ1) is 15.6. The second-order valence-corrected chi connectivity index (χ2v) is 9.24. The summed E-state index contributed by atoms with van der Waals surface area (Å²) in [5.74, 6) is 0.496. The Kier molecular flexibility index (Phi) is 4.36. The molecular weight excluding hydrogens is 420 g/mol. The van der Waals surface area contributed by atoms with Crippen LogP contribution < -0.4 is 5.73 Å². The Bertz CT molecular complexity index is 1500. The average molecular weight is 443 g/mol. The number of aryl methyl sites for hydroxylation is 1. The molecule has 1 aliphatic rings. The van der Waals surface area contributed by atoms with Gasteiger partial charge in [0.2, 0.25) is 0 Å². The maximum absolute atomic E-state index is 13.7. The first-order valence-electron chi connectivity index (χ1n) is 10.8. The zero-order chi connectivity index (χ0) is 21.8. The third-order valence-corrected chi connectivity index (χ3v) is 7.27. The number of hydrogen-bond donors (Lipinski definition) is 1. The maximum Gasteiger partial charge on any atom is 0.254 e. The molecule has 8 heteroatoms. The Labute approximate surface area is 188 Å². The van der Waals surface area contributed by atoms with Gasteiger partial charge in [-0.3, -0.25) is 9.48 Å². The Balaban J connectivity index is 1.42. The van der Waals surface area contributed by atoms with E-state index < -0.39 is 0 Å². The fourth-order valence-corrected chi connectivity index (χ4v) is 5.52. The largest absolute Gasteiger partial charge is 0.383 e. The SMILES string of the molecule is Cn1ncc2c(N)nc3ccc(C(=O)N4CCCCC4c4ccc5scnc5c4)cc3c21. The molecule has 4 heterocycles. The summed E-state index contributed by atoms with van der Waals surface area (Å²) in [4.78, 5) is 24.7. The monoisotopic (exact) mass is 442 g/mol. The number of pyridine rings is 1. The molecule has 0 radical (unpaired) electrons. The zero-order valence-electron chi connectivity index (χ0n) is 17.7. The van der Waals surface area contributed by atoms with Crippen LogP contribution in [0.2, 0.25) is 0 Å². The van der Waals surface area contributed by atoms with Crippen molar-refractivity contribution in [2.75, 3.05) is 12.3 Å². The number of amides is 1. The molecule has 1 atom stereocenters. The number of likely N-dealkylation sites (tertiary alicyclic amines) is 1. The molecule has 0 saturated carbocycles. The van der Waals surface area contributed by atoms with Gasteiger partial charge in [-0.25, -0.2) is 9.97 Å². The van der Waals surface area contributed by atoms with E-state index in [0.29, 0.717) is 11.4 Å². The first-order valence-corrected chi connectivity index (χ1v) is 11.6. The summed E-state index contributed by atoms with van der Waals surface area (Å²) in [6.07, 6.45) is 4.80. The van der Waals surface area contributed by atoms with Crippen LogP contribution in [-0.4, -0.2) is 37.1 Å². The number of piperidine rings is 1. The lowest BCUT2D eigenvalue weighted by molar-refractivity contribution is 0.0612. The molecule has 1 saturated heterocycles. The van der Waals surface area contributed by atoms with Gasteiger partial charge in [-0.2, -0.15) is 5.10 Å². The number of carbonyl (C=O) groups is 1. The molecule has 2 N–H and O–H groups in total. The van der Waals surface area contributed by atoms with Crippen LogP contribution in [0.25, 0.3) is 32.0 Å². The number of anilines is 1. The molecule has 32 heavy (non-hydrogen) atoms. The van der Waals surface area contributed by atoms with Crippen molar-refractivity contribution >= 4 is 55.1 Å². The third kappa shape index (κ3) is 2.94. The third-order valence-electron chi connectivity index (χ3n) is 6.46. The normalized spacial score (nSPS) is 16.9. The van der Waals surface area contributed by atoms with Gasteiger partial charge in [0.05, 0.1) is 44.4 Å². The summed E-state index contributed by atoms with van der Waals surface area (Å²) in [6, 6.07) is 12.1. The number of carbonyl (C=O) groups excluding carboxylic acids is 1. The number of nitrogens with zero attached hydrogens (tertiary/aromatic N) is 5. The van der Waals surface area contributed by atoms with Gasteiger partial charge in [0.25, 0.3) is 5.91 Å². The lowest BCUT2D eigenvalue weighted by Gasteiger charge is -2.36. The van der Waals surface area contributed by atoms with Crippen molar-refractivity contribution in [1.82, 2.24) is 24.6 Å². The molecule has 0 bridgehead atoms. The van der Waals surface area contributed by atoms with E-state index >= 15 is 0 Å². The second-order valence-electron chi connectivity index (χ2n) is 8.35. The topological polar surface area (TPSA) is 89.9 Å². The second kappa shape index (κ2) is 7.27. The van der Waals surface area contributed by atoms with E-state index in [2.05, 4.69) is 33.3 Å². The number of benzene rings is 2. The molecule has 0 spiro atoms. The van der Waals surface area contributed by atoms with Crippen LogP contribution in [0.5, 0.6) is 0 Å². The summed E-state index contributed by atoms with van der Waals surface area (Å²) in [5, 5.41) is 6.03. The standard InChI is InChI=1S/C24H22N6OS/c1-29-22-16-10-15(5-7-18(16)28-23(25)17(22)12-27-29)24(31)30-9-3-2-4-20(30)14-6-8-21-19(11-14)26-13-32-21/h5-8,10-13,20H,2-4,9H2,1H3,(H2,25,28). The Hall–Kier alpha value is -3.52. The van der Waals surface area contributed by atoms with Crippen LogP contribution in [0.1, 0.15) is 41.2 Å². The van der Waals surface area contributed by atoms with E-state index in [1.807, 2.05) is 35.7 Å². The maximum atomic E-state index is 13.7. The van der Waals surface area contributed by atoms with E-state index in [9.17, 15) is 4.79 Å². The van der Waals surface area contributed by atoms with Gasteiger partial charge in [0.1, 0.15) is 5.82 Å². The highest BCUT2D eigenvalue weighted by molar-refractivity contribution is 7.16. The van der Waals surface area contributed by atoms with E-state index in [1.54, 1.807) is 22.2 Å². The fourth-order valence-electron chi connectivity index (χ4n) is 4.86. The number of fused-ring (bicyclic) bond motifs is 4. The molecular formula is C24H22N6OS. The lowest BCUT2D eigenvalue weighted by Crippen LogP contribution is -2.38. The smallest absolute Gasteiger partial charge is 0.254 e. The first kappa shape index (κ1) is 19.2. The van der Waals surface area contributed by atoms with E-state index in [-0.39, 0.29) is 11.9 Å². The van der Waals surface area contributed by atoms with Crippen molar-refractivity contribution in [3.05, 3.63) is 59.2 Å². The summed E-state index contributed by atoms with van der Waals surface area (Å²) in [7, 11) is 1.88. The van der Waals surface area contributed by atoms with Crippen molar-refractivity contribution in [3.63, 3.8) is 0 Å². The highest BCUT2D eigenvalue weighted by Crippen LogP contribution is 2.35. The minimum Gasteiger partial charge on any atom is -0.383 e. The average Bonchev–Trinajstić information content (AvgIpc) is 3.45. The molecule has 2 aromatic carbocycles. The van der Waals surface area contributed by atoms with E-state index in [1.165, 1.54) is 4.70 Å². The lowest BCUT2D eigenvalue weighted by atomic mass is 9.94. The molecule has 5 aromatic rings. The number of rotatable bonds is 2. The number of aromatic nitrogens is 4.